The average molecular weight is 591 g/mol. The van der Waals surface area contributed by atoms with Crippen molar-refractivity contribution in [3.63, 3.8) is 0 Å². The number of aryl methyl sites for hydroxylation is 1. The van der Waals surface area contributed by atoms with Crippen LogP contribution in [0.3, 0.4) is 0 Å². The highest BCUT2D eigenvalue weighted by molar-refractivity contribution is 5.92. The van der Waals surface area contributed by atoms with Crippen molar-refractivity contribution in [1.29, 1.82) is 0 Å². The van der Waals surface area contributed by atoms with Gasteiger partial charge in [-0.15, -0.1) is 0 Å². The number of nitrogens with one attached hydrogen (secondary N) is 1. The standard InChI is InChI=1S/C33H40F2N6O2/c1-2-19-5-3-6-20-11-24(42)12-25(27(19)20)29-28(35)30-26(14-36-29)31(40-16-22-7-8-23(17-40)37-22)39-32(38-30)43-18-33-9-4-10-41(33)15-21(34)13-33/h11-12,14,19,21-23,37,42H,2-10,13,15-18H2,1H3/t19-,21+,22-,23+,33-/m0/s1. The van der Waals surface area contributed by atoms with Gasteiger partial charge in [-0.2, -0.15) is 9.97 Å². The molecule has 3 aromatic rings. The number of benzene rings is 1. The Hall–Kier alpha value is -3.11. The molecule has 0 spiro atoms. The maximum absolute atomic E-state index is 16.8. The molecule has 5 aliphatic rings. The van der Waals surface area contributed by atoms with Crippen LogP contribution in [0.25, 0.3) is 22.2 Å². The van der Waals surface area contributed by atoms with Crippen LogP contribution in [0.1, 0.15) is 75.3 Å². The number of aromatic hydroxyl groups is 1. The molecule has 0 unspecified atom stereocenters. The van der Waals surface area contributed by atoms with Crippen molar-refractivity contribution in [3.8, 4) is 23.0 Å². The molecule has 6 heterocycles. The number of pyridine rings is 1. The predicted molar refractivity (Wildman–Crippen MR) is 161 cm³/mol. The molecule has 228 valence electrons. The number of alkyl halides is 1. The van der Waals surface area contributed by atoms with Crippen LogP contribution in [0.15, 0.2) is 18.3 Å². The van der Waals surface area contributed by atoms with Gasteiger partial charge >= 0.3 is 6.01 Å². The fourth-order valence-electron chi connectivity index (χ4n) is 8.81. The minimum atomic E-state index is -0.862. The van der Waals surface area contributed by atoms with E-state index in [1.54, 1.807) is 12.3 Å². The predicted octanol–water partition coefficient (Wildman–Crippen LogP) is 5.26. The van der Waals surface area contributed by atoms with Gasteiger partial charge in [0, 0.05) is 49.9 Å². The topological polar surface area (TPSA) is 86.6 Å². The molecular formula is C33H40F2N6O2. The van der Waals surface area contributed by atoms with Crippen LogP contribution in [0.4, 0.5) is 14.6 Å². The summed E-state index contributed by atoms with van der Waals surface area (Å²) in [7, 11) is 0. The molecule has 1 aromatic carbocycles. The molecule has 5 atom stereocenters. The van der Waals surface area contributed by atoms with Crippen LogP contribution in [0, 0.1) is 5.82 Å². The van der Waals surface area contributed by atoms with E-state index in [1.807, 2.05) is 6.07 Å². The number of aromatic nitrogens is 3. The lowest BCUT2D eigenvalue weighted by molar-refractivity contribution is 0.107. The molecule has 1 aliphatic carbocycles. The summed E-state index contributed by atoms with van der Waals surface area (Å²) in [6.07, 6.45) is 9.25. The van der Waals surface area contributed by atoms with Gasteiger partial charge in [0.2, 0.25) is 0 Å². The van der Waals surface area contributed by atoms with Gasteiger partial charge in [-0.25, -0.2) is 8.78 Å². The molecule has 4 aliphatic heterocycles. The number of ether oxygens (including phenoxy) is 1. The number of hydrogen-bond donors (Lipinski definition) is 2. The number of piperazine rings is 1. The van der Waals surface area contributed by atoms with Crippen molar-refractivity contribution in [1.82, 2.24) is 25.2 Å². The first-order chi connectivity index (χ1) is 20.9. The number of phenols is 1. The van der Waals surface area contributed by atoms with Gasteiger partial charge in [-0.05, 0) is 87.1 Å². The minimum absolute atomic E-state index is 0.123. The third-order valence-corrected chi connectivity index (χ3v) is 10.8. The smallest absolute Gasteiger partial charge is 0.319 e. The lowest BCUT2D eigenvalue weighted by atomic mass is 9.78. The van der Waals surface area contributed by atoms with Crippen LogP contribution in [0.2, 0.25) is 0 Å². The largest absolute Gasteiger partial charge is 0.508 e. The van der Waals surface area contributed by atoms with Gasteiger partial charge in [-0.3, -0.25) is 9.88 Å². The van der Waals surface area contributed by atoms with Gasteiger partial charge in [0.05, 0.1) is 10.9 Å². The fourth-order valence-corrected chi connectivity index (χ4v) is 8.81. The van der Waals surface area contributed by atoms with Crippen molar-refractivity contribution in [2.24, 2.45) is 0 Å². The molecule has 2 N–H and O–H groups in total. The second kappa shape index (κ2) is 10.5. The highest BCUT2D eigenvalue weighted by Crippen LogP contribution is 2.44. The fraction of sp³-hybridized carbons (Fsp3) is 0.606. The molecular weight excluding hydrogens is 550 g/mol. The van der Waals surface area contributed by atoms with Crippen LogP contribution in [0.5, 0.6) is 11.8 Å². The van der Waals surface area contributed by atoms with Crippen LogP contribution in [-0.2, 0) is 6.42 Å². The van der Waals surface area contributed by atoms with Crippen molar-refractivity contribution in [2.45, 2.75) is 94.4 Å². The van der Waals surface area contributed by atoms with Gasteiger partial charge in [0.1, 0.15) is 35.6 Å². The summed E-state index contributed by atoms with van der Waals surface area (Å²) >= 11 is 0. The molecule has 8 nitrogen and oxygen atoms in total. The normalized spacial score (nSPS) is 30.2. The van der Waals surface area contributed by atoms with E-state index >= 15 is 4.39 Å². The SMILES string of the molecule is CC[C@H]1CCCc2cc(O)cc(-c3ncc4c(N5C[C@H]6CC[C@@H](C5)N6)nc(OC[C@@]56CCCN5C[C@H](F)C6)nc4c3F)c21. The first-order valence-electron chi connectivity index (χ1n) is 16.2. The number of phenolic OH excluding ortho intramolecular Hbond substituents is 1. The number of anilines is 1. The number of fused-ring (bicyclic) bond motifs is 5. The van der Waals surface area contributed by atoms with E-state index in [1.165, 1.54) is 0 Å². The first-order valence-corrected chi connectivity index (χ1v) is 16.2. The van der Waals surface area contributed by atoms with Gasteiger partial charge in [0.25, 0.3) is 0 Å². The monoisotopic (exact) mass is 590 g/mol. The summed E-state index contributed by atoms with van der Waals surface area (Å²) in [5.41, 5.74) is 2.82. The Kier molecular flexibility index (Phi) is 6.71. The maximum Gasteiger partial charge on any atom is 0.319 e. The Morgan fingerprint density at radius 1 is 1.12 bits per heavy atom. The zero-order chi connectivity index (χ0) is 29.3. The summed E-state index contributed by atoms with van der Waals surface area (Å²) in [5, 5.41) is 14.9. The van der Waals surface area contributed by atoms with E-state index in [4.69, 9.17) is 14.7 Å². The average Bonchev–Trinajstić information content (AvgIpc) is 3.65. The molecule has 0 saturated carbocycles. The Balaban J connectivity index is 1.24. The van der Waals surface area contributed by atoms with E-state index in [0.717, 1.165) is 82.1 Å². The second-order valence-electron chi connectivity index (χ2n) is 13.5. The van der Waals surface area contributed by atoms with Crippen molar-refractivity contribution < 1.29 is 18.6 Å². The lowest BCUT2D eigenvalue weighted by Crippen LogP contribution is -2.51. The number of nitrogens with zero attached hydrogens (tertiary/aromatic N) is 5. The summed E-state index contributed by atoms with van der Waals surface area (Å²) in [6.45, 7) is 5.28. The van der Waals surface area contributed by atoms with Crippen molar-refractivity contribution >= 4 is 16.7 Å². The van der Waals surface area contributed by atoms with E-state index in [2.05, 4.69) is 27.0 Å². The summed E-state index contributed by atoms with van der Waals surface area (Å²) in [6, 6.07) is 4.32. The molecule has 8 rings (SSSR count). The second-order valence-corrected chi connectivity index (χ2v) is 13.5. The van der Waals surface area contributed by atoms with Crippen LogP contribution < -0.4 is 15.0 Å². The van der Waals surface area contributed by atoms with E-state index < -0.39 is 12.0 Å². The number of halogens is 2. The molecule has 43 heavy (non-hydrogen) atoms. The molecule has 10 heteroatoms. The highest BCUT2D eigenvalue weighted by Gasteiger charge is 2.49. The van der Waals surface area contributed by atoms with E-state index in [9.17, 15) is 9.50 Å². The number of rotatable bonds is 6. The molecule has 4 fully saturated rings. The summed E-state index contributed by atoms with van der Waals surface area (Å²) < 4.78 is 37.6. The summed E-state index contributed by atoms with van der Waals surface area (Å²) in [4.78, 5) is 18.7. The third kappa shape index (κ3) is 4.63. The zero-order valence-corrected chi connectivity index (χ0v) is 24.8. The zero-order valence-electron chi connectivity index (χ0n) is 24.8. The molecule has 2 bridgehead atoms. The lowest BCUT2D eigenvalue weighted by Gasteiger charge is -2.34. The van der Waals surface area contributed by atoms with E-state index in [0.29, 0.717) is 41.8 Å². The number of hydrogen-bond acceptors (Lipinski definition) is 8. The van der Waals surface area contributed by atoms with Gasteiger partial charge in [0.15, 0.2) is 5.82 Å². The minimum Gasteiger partial charge on any atom is -0.508 e. The molecule has 0 radical (unpaired) electrons. The van der Waals surface area contributed by atoms with E-state index in [-0.39, 0.29) is 41.0 Å². The van der Waals surface area contributed by atoms with Crippen molar-refractivity contribution in [3.05, 3.63) is 35.3 Å². The Morgan fingerprint density at radius 3 is 2.77 bits per heavy atom. The molecule has 4 saturated heterocycles. The quantitative estimate of drug-likeness (QED) is 0.402. The molecule has 0 amide bonds. The Labute approximate surface area is 250 Å². The van der Waals surface area contributed by atoms with Gasteiger partial charge < -0.3 is 20.1 Å². The van der Waals surface area contributed by atoms with Gasteiger partial charge in [-0.1, -0.05) is 6.92 Å². The van der Waals surface area contributed by atoms with Crippen molar-refractivity contribution in [2.75, 3.05) is 37.7 Å². The Morgan fingerprint density at radius 2 is 1.95 bits per heavy atom. The summed E-state index contributed by atoms with van der Waals surface area (Å²) in [5.74, 6) is 0.518. The van der Waals surface area contributed by atoms with Crippen LogP contribution >= 0.6 is 0 Å². The third-order valence-electron chi connectivity index (χ3n) is 10.8. The first kappa shape index (κ1) is 27.4. The molecule has 2 aromatic heterocycles. The maximum atomic E-state index is 16.8. The Bertz CT molecular complexity index is 1560. The highest BCUT2D eigenvalue weighted by atomic mass is 19.1. The van der Waals surface area contributed by atoms with Crippen LogP contribution in [-0.4, -0.2) is 81.5 Å².